The largest absolute Gasteiger partial charge is 0.489 e. The highest BCUT2D eigenvalue weighted by molar-refractivity contribution is 5.40. The minimum Gasteiger partial charge on any atom is -0.489 e. The maximum Gasteiger partial charge on any atom is 0.146 e. The van der Waals surface area contributed by atoms with Crippen molar-refractivity contribution in [3.05, 3.63) is 30.2 Å². The van der Waals surface area contributed by atoms with Crippen LogP contribution < -0.4 is 10.5 Å². The van der Waals surface area contributed by atoms with Crippen LogP contribution in [0, 0.1) is 6.92 Å². The molecule has 0 atom stereocenters. The Bertz CT molecular complexity index is 519. The Morgan fingerprint density at radius 2 is 2.06 bits per heavy atom. The SMILES string of the molecule is Cc1cc(N)nn1-c1cncc(OC(C)C)c1. The molecule has 0 bridgehead atoms. The molecule has 90 valence electrons. The number of pyridine rings is 1. The van der Waals surface area contributed by atoms with Crippen molar-refractivity contribution in [3.63, 3.8) is 0 Å². The zero-order valence-electron chi connectivity index (χ0n) is 10.2. The van der Waals surface area contributed by atoms with Crippen LogP contribution in [0.15, 0.2) is 24.5 Å². The highest BCUT2D eigenvalue weighted by Gasteiger charge is 2.06. The molecule has 0 saturated carbocycles. The maximum atomic E-state index is 5.65. The summed E-state index contributed by atoms with van der Waals surface area (Å²) in [5.41, 5.74) is 7.46. The summed E-state index contributed by atoms with van der Waals surface area (Å²) in [7, 11) is 0. The van der Waals surface area contributed by atoms with Gasteiger partial charge in [0.25, 0.3) is 0 Å². The molecule has 0 fully saturated rings. The second-order valence-electron chi connectivity index (χ2n) is 4.17. The summed E-state index contributed by atoms with van der Waals surface area (Å²) < 4.78 is 7.33. The van der Waals surface area contributed by atoms with Gasteiger partial charge in [-0.3, -0.25) is 4.98 Å². The van der Waals surface area contributed by atoms with E-state index in [1.807, 2.05) is 32.9 Å². The van der Waals surface area contributed by atoms with E-state index in [0.717, 1.165) is 17.1 Å². The summed E-state index contributed by atoms with van der Waals surface area (Å²) >= 11 is 0. The number of rotatable bonds is 3. The first kappa shape index (κ1) is 11.4. The Morgan fingerprint density at radius 1 is 1.29 bits per heavy atom. The molecule has 2 heterocycles. The Morgan fingerprint density at radius 3 is 2.65 bits per heavy atom. The normalized spacial score (nSPS) is 10.8. The van der Waals surface area contributed by atoms with E-state index >= 15 is 0 Å². The summed E-state index contributed by atoms with van der Waals surface area (Å²) in [6, 6.07) is 3.71. The fraction of sp³-hybridized carbons (Fsp3) is 0.333. The van der Waals surface area contributed by atoms with Crippen LogP contribution >= 0.6 is 0 Å². The fourth-order valence-electron chi connectivity index (χ4n) is 1.62. The van der Waals surface area contributed by atoms with E-state index in [-0.39, 0.29) is 6.10 Å². The van der Waals surface area contributed by atoms with Crippen LogP contribution in [0.1, 0.15) is 19.5 Å². The molecule has 5 heteroatoms. The molecule has 0 unspecified atom stereocenters. The first-order valence-electron chi connectivity index (χ1n) is 5.50. The third-order valence-corrected chi connectivity index (χ3v) is 2.22. The zero-order valence-corrected chi connectivity index (χ0v) is 10.2. The van der Waals surface area contributed by atoms with Crippen LogP contribution in [0.2, 0.25) is 0 Å². The lowest BCUT2D eigenvalue weighted by Gasteiger charge is -2.10. The molecule has 0 aliphatic heterocycles. The van der Waals surface area contributed by atoms with Crippen molar-refractivity contribution >= 4 is 5.82 Å². The van der Waals surface area contributed by atoms with Gasteiger partial charge in [-0.2, -0.15) is 5.10 Å². The molecular formula is C12H16N4O. The molecule has 17 heavy (non-hydrogen) atoms. The number of ether oxygens (including phenoxy) is 1. The van der Waals surface area contributed by atoms with Gasteiger partial charge in [-0.05, 0) is 20.8 Å². The molecule has 0 amide bonds. The van der Waals surface area contributed by atoms with Gasteiger partial charge in [0.2, 0.25) is 0 Å². The Labute approximate surface area is 100 Å². The monoisotopic (exact) mass is 232 g/mol. The standard InChI is InChI=1S/C12H16N4O/c1-8(2)17-11-5-10(6-14-7-11)16-9(3)4-12(13)15-16/h4-8H,1-3H3,(H2,13,15). The van der Waals surface area contributed by atoms with Crippen molar-refractivity contribution < 1.29 is 4.74 Å². The molecular weight excluding hydrogens is 216 g/mol. The lowest BCUT2D eigenvalue weighted by molar-refractivity contribution is 0.241. The predicted octanol–water partition coefficient (Wildman–Crippen LogP) is 1.95. The number of hydrogen-bond donors (Lipinski definition) is 1. The van der Waals surface area contributed by atoms with Crippen LogP contribution in [0.3, 0.4) is 0 Å². The van der Waals surface area contributed by atoms with Crippen LogP contribution in [0.4, 0.5) is 5.82 Å². The minimum absolute atomic E-state index is 0.121. The molecule has 0 spiro atoms. The second-order valence-corrected chi connectivity index (χ2v) is 4.17. The molecule has 0 radical (unpaired) electrons. The number of nitrogens with two attached hydrogens (primary N) is 1. The summed E-state index contributed by atoms with van der Waals surface area (Å²) in [5.74, 6) is 1.23. The lowest BCUT2D eigenvalue weighted by atomic mass is 10.3. The maximum absolute atomic E-state index is 5.65. The molecule has 2 rings (SSSR count). The summed E-state index contributed by atoms with van der Waals surface area (Å²) in [6.45, 7) is 5.90. The highest BCUT2D eigenvalue weighted by Crippen LogP contribution is 2.18. The minimum atomic E-state index is 0.121. The van der Waals surface area contributed by atoms with Crippen molar-refractivity contribution in [2.45, 2.75) is 26.9 Å². The van der Waals surface area contributed by atoms with Gasteiger partial charge in [0, 0.05) is 17.8 Å². The number of hydrogen-bond acceptors (Lipinski definition) is 4. The van der Waals surface area contributed by atoms with Crippen LogP contribution in [0.25, 0.3) is 5.69 Å². The van der Waals surface area contributed by atoms with E-state index in [4.69, 9.17) is 10.5 Å². The number of aromatic nitrogens is 3. The Kier molecular flexibility index (Phi) is 2.99. The van der Waals surface area contributed by atoms with E-state index in [1.165, 1.54) is 0 Å². The van der Waals surface area contributed by atoms with E-state index < -0.39 is 0 Å². The van der Waals surface area contributed by atoms with Gasteiger partial charge in [0.05, 0.1) is 24.2 Å². The Balaban J connectivity index is 2.36. The van der Waals surface area contributed by atoms with Gasteiger partial charge in [-0.15, -0.1) is 0 Å². The molecule has 2 aromatic rings. The van der Waals surface area contributed by atoms with Crippen molar-refractivity contribution in [1.82, 2.24) is 14.8 Å². The first-order valence-corrected chi connectivity index (χ1v) is 5.50. The predicted molar refractivity (Wildman–Crippen MR) is 66.3 cm³/mol. The quantitative estimate of drug-likeness (QED) is 0.878. The molecule has 0 aromatic carbocycles. The van der Waals surface area contributed by atoms with Gasteiger partial charge < -0.3 is 10.5 Å². The fourth-order valence-corrected chi connectivity index (χ4v) is 1.62. The molecule has 5 nitrogen and oxygen atoms in total. The number of aryl methyl sites for hydroxylation is 1. The van der Waals surface area contributed by atoms with E-state index in [9.17, 15) is 0 Å². The summed E-state index contributed by atoms with van der Waals surface area (Å²) in [5, 5.41) is 4.20. The molecule has 2 aromatic heterocycles. The van der Waals surface area contributed by atoms with Crippen molar-refractivity contribution in [2.75, 3.05) is 5.73 Å². The Hall–Kier alpha value is -2.04. The molecule has 2 N–H and O–H groups in total. The van der Waals surface area contributed by atoms with Gasteiger partial charge in [-0.25, -0.2) is 4.68 Å². The van der Waals surface area contributed by atoms with E-state index in [2.05, 4.69) is 10.1 Å². The second kappa shape index (κ2) is 4.45. The number of nitrogens with zero attached hydrogens (tertiary/aromatic N) is 3. The third kappa shape index (κ3) is 2.55. The topological polar surface area (TPSA) is 66.0 Å². The third-order valence-electron chi connectivity index (χ3n) is 2.22. The summed E-state index contributed by atoms with van der Waals surface area (Å²) in [6.07, 6.45) is 3.54. The molecule has 0 aliphatic rings. The molecule has 0 aliphatic carbocycles. The number of nitrogen functional groups attached to an aromatic ring is 1. The average molecular weight is 232 g/mol. The summed E-state index contributed by atoms with van der Waals surface area (Å²) in [4.78, 5) is 4.14. The van der Waals surface area contributed by atoms with Crippen LogP contribution in [-0.2, 0) is 0 Å². The van der Waals surface area contributed by atoms with Crippen molar-refractivity contribution in [2.24, 2.45) is 0 Å². The first-order chi connectivity index (χ1) is 8.06. The highest BCUT2D eigenvalue weighted by atomic mass is 16.5. The van der Waals surface area contributed by atoms with Gasteiger partial charge in [-0.1, -0.05) is 0 Å². The smallest absolute Gasteiger partial charge is 0.146 e. The van der Waals surface area contributed by atoms with Crippen LogP contribution in [0.5, 0.6) is 5.75 Å². The molecule has 0 saturated heterocycles. The average Bonchev–Trinajstić information content (AvgIpc) is 2.57. The zero-order chi connectivity index (χ0) is 12.4. The van der Waals surface area contributed by atoms with Crippen molar-refractivity contribution in [1.29, 1.82) is 0 Å². The van der Waals surface area contributed by atoms with E-state index in [0.29, 0.717) is 5.82 Å². The number of anilines is 1. The lowest BCUT2D eigenvalue weighted by Crippen LogP contribution is -2.07. The van der Waals surface area contributed by atoms with Gasteiger partial charge >= 0.3 is 0 Å². The van der Waals surface area contributed by atoms with Gasteiger partial charge in [0.15, 0.2) is 0 Å². The van der Waals surface area contributed by atoms with Crippen molar-refractivity contribution in [3.8, 4) is 11.4 Å². The van der Waals surface area contributed by atoms with E-state index in [1.54, 1.807) is 17.1 Å². The van der Waals surface area contributed by atoms with Crippen LogP contribution in [-0.4, -0.2) is 20.9 Å². The van der Waals surface area contributed by atoms with Gasteiger partial charge in [0.1, 0.15) is 11.6 Å².